The highest BCUT2D eigenvalue weighted by Crippen LogP contribution is 2.16. The fraction of sp³-hybridized carbons (Fsp3) is 0.533. The van der Waals surface area contributed by atoms with Gasteiger partial charge in [-0.05, 0) is 30.7 Å². The third-order valence-electron chi connectivity index (χ3n) is 2.73. The summed E-state index contributed by atoms with van der Waals surface area (Å²) in [5.41, 5.74) is 0.785. The lowest BCUT2D eigenvalue weighted by molar-refractivity contribution is -0.123. The molecular formula is C15H23FN2O3. The molecule has 0 aromatic heterocycles. The SMILES string of the molecule is CCNCc1cc(F)cc(OCC(=O)NCCCOC)c1. The zero-order valence-corrected chi connectivity index (χ0v) is 12.6. The lowest BCUT2D eigenvalue weighted by atomic mass is 10.2. The first-order chi connectivity index (χ1) is 10.2. The summed E-state index contributed by atoms with van der Waals surface area (Å²) in [7, 11) is 1.61. The molecule has 0 atom stereocenters. The van der Waals surface area contributed by atoms with Crippen molar-refractivity contribution in [3.8, 4) is 5.75 Å². The average Bonchev–Trinajstić information content (AvgIpc) is 2.47. The molecule has 0 saturated carbocycles. The summed E-state index contributed by atoms with van der Waals surface area (Å²) in [6.07, 6.45) is 0.745. The molecule has 0 radical (unpaired) electrons. The minimum Gasteiger partial charge on any atom is -0.484 e. The maximum absolute atomic E-state index is 13.4. The maximum atomic E-state index is 13.4. The Morgan fingerprint density at radius 2 is 2.14 bits per heavy atom. The third-order valence-corrected chi connectivity index (χ3v) is 2.73. The van der Waals surface area contributed by atoms with E-state index in [1.807, 2.05) is 6.92 Å². The van der Waals surface area contributed by atoms with Crippen LogP contribution in [0.3, 0.4) is 0 Å². The van der Waals surface area contributed by atoms with E-state index in [9.17, 15) is 9.18 Å². The van der Waals surface area contributed by atoms with Gasteiger partial charge in [-0.1, -0.05) is 6.92 Å². The van der Waals surface area contributed by atoms with Crippen LogP contribution in [-0.4, -0.2) is 39.3 Å². The molecule has 0 heterocycles. The fourth-order valence-corrected chi connectivity index (χ4v) is 1.72. The van der Waals surface area contributed by atoms with E-state index in [0.29, 0.717) is 25.4 Å². The van der Waals surface area contributed by atoms with Crippen LogP contribution in [0.4, 0.5) is 4.39 Å². The number of hydrogen-bond acceptors (Lipinski definition) is 4. The van der Waals surface area contributed by atoms with E-state index in [-0.39, 0.29) is 18.3 Å². The van der Waals surface area contributed by atoms with Crippen LogP contribution in [0, 0.1) is 5.82 Å². The lowest BCUT2D eigenvalue weighted by Crippen LogP contribution is -2.30. The van der Waals surface area contributed by atoms with Crippen LogP contribution in [-0.2, 0) is 16.1 Å². The summed E-state index contributed by atoms with van der Waals surface area (Å²) in [4.78, 5) is 11.5. The Balaban J connectivity index is 2.39. The number of benzene rings is 1. The van der Waals surface area contributed by atoms with Crippen LogP contribution in [0.5, 0.6) is 5.75 Å². The highest BCUT2D eigenvalue weighted by Gasteiger charge is 2.05. The second-order valence-corrected chi connectivity index (χ2v) is 4.56. The number of halogens is 1. The molecular weight excluding hydrogens is 275 g/mol. The van der Waals surface area contributed by atoms with Gasteiger partial charge in [-0.25, -0.2) is 4.39 Å². The summed E-state index contributed by atoms with van der Waals surface area (Å²) in [6, 6.07) is 4.44. The molecule has 21 heavy (non-hydrogen) atoms. The average molecular weight is 298 g/mol. The molecule has 0 aliphatic rings. The van der Waals surface area contributed by atoms with E-state index in [2.05, 4.69) is 10.6 Å². The van der Waals surface area contributed by atoms with Crippen LogP contribution in [0.15, 0.2) is 18.2 Å². The summed E-state index contributed by atoms with van der Waals surface area (Å²) in [5, 5.41) is 5.81. The molecule has 1 aromatic carbocycles. The van der Waals surface area contributed by atoms with Crippen molar-refractivity contribution in [3.05, 3.63) is 29.6 Å². The molecule has 118 valence electrons. The van der Waals surface area contributed by atoms with Gasteiger partial charge < -0.3 is 20.1 Å². The summed E-state index contributed by atoms with van der Waals surface area (Å²) in [6.45, 7) is 4.34. The Labute approximate surface area is 124 Å². The number of methoxy groups -OCH3 is 1. The van der Waals surface area contributed by atoms with Crippen LogP contribution in [0.2, 0.25) is 0 Å². The minimum absolute atomic E-state index is 0.128. The van der Waals surface area contributed by atoms with Gasteiger partial charge in [-0.15, -0.1) is 0 Å². The highest BCUT2D eigenvalue weighted by molar-refractivity contribution is 5.77. The summed E-state index contributed by atoms with van der Waals surface area (Å²) >= 11 is 0. The zero-order valence-electron chi connectivity index (χ0n) is 12.6. The van der Waals surface area contributed by atoms with E-state index in [0.717, 1.165) is 18.5 Å². The Kier molecular flexibility index (Phi) is 8.38. The van der Waals surface area contributed by atoms with E-state index in [1.165, 1.54) is 12.1 Å². The molecule has 0 saturated heterocycles. The number of hydrogen-bond donors (Lipinski definition) is 2. The molecule has 0 aliphatic heterocycles. The Hall–Kier alpha value is -1.66. The Morgan fingerprint density at radius 3 is 2.86 bits per heavy atom. The van der Waals surface area contributed by atoms with Gasteiger partial charge in [-0.3, -0.25) is 4.79 Å². The van der Waals surface area contributed by atoms with Gasteiger partial charge in [0, 0.05) is 32.9 Å². The van der Waals surface area contributed by atoms with E-state index < -0.39 is 0 Å². The molecule has 6 heteroatoms. The second-order valence-electron chi connectivity index (χ2n) is 4.56. The van der Waals surface area contributed by atoms with Gasteiger partial charge in [0.25, 0.3) is 5.91 Å². The van der Waals surface area contributed by atoms with Crippen molar-refractivity contribution in [2.24, 2.45) is 0 Å². The van der Waals surface area contributed by atoms with Crippen molar-refractivity contribution in [1.29, 1.82) is 0 Å². The first kappa shape index (κ1) is 17.4. The number of rotatable bonds is 10. The van der Waals surface area contributed by atoms with Gasteiger partial charge in [0.2, 0.25) is 0 Å². The molecule has 0 bridgehead atoms. The standard InChI is InChI=1S/C15H23FN2O3/c1-3-17-10-12-7-13(16)9-14(8-12)21-11-15(19)18-5-4-6-20-2/h7-9,17H,3-6,10-11H2,1-2H3,(H,18,19). The van der Waals surface area contributed by atoms with Crippen molar-refractivity contribution in [2.75, 3.05) is 33.4 Å². The van der Waals surface area contributed by atoms with Crippen LogP contribution >= 0.6 is 0 Å². The number of carbonyl (C=O) groups is 1. The zero-order chi connectivity index (χ0) is 15.5. The minimum atomic E-state index is -0.374. The highest BCUT2D eigenvalue weighted by atomic mass is 19.1. The molecule has 0 unspecified atom stereocenters. The third kappa shape index (κ3) is 7.63. The van der Waals surface area contributed by atoms with E-state index in [4.69, 9.17) is 9.47 Å². The molecule has 0 aliphatic carbocycles. The quantitative estimate of drug-likeness (QED) is 0.642. The molecule has 0 fully saturated rings. The smallest absolute Gasteiger partial charge is 0.257 e. The van der Waals surface area contributed by atoms with Crippen molar-refractivity contribution in [3.63, 3.8) is 0 Å². The van der Waals surface area contributed by atoms with Crippen molar-refractivity contribution >= 4 is 5.91 Å². The molecule has 5 nitrogen and oxygen atoms in total. The first-order valence-corrected chi connectivity index (χ1v) is 7.04. The van der Waals surface area contributed by atoms with Gasteiger partial charge in [0.1, 0.15) is 11.6 Å². The van der Waals surface area contributed by atoms with Gasteiger partial charge in [-0.2, -0.15) is 0 Å². The molecule has 2 N–H and O–H groups in total. The fourth-order valence-electron chi connectivity index (χ4n) is 1.72. The van der Waals surface area contributed by atoms with Crippen molar-refractivity contribution in [1.82, 2.24) is 10.6 Å². The summed E-state index contributed by atoms with van der Waals surface area (Å²) in [5.74, 6) is -0.251. The van der Waals surface area contributed by atoms with E-state index in [1.54, 1.807) is 13.2 Å². The molecule has 1 rings (SSSR count). The van der Waals surface area contributed by atoms with Gasteiger partial charge in [0.05, 0.1) is 0 Å². The Morgan fingerprint density at radius 1 is 1.33 bits per heavy atom. The topological polar surface area (TPSA) is 59.6 Å². The van der Waals surface area contributed by atoms with Crippen LogP contribution in [0.1, 0.15) is 18.9 Å². The van der Waals surface area contributed by atoms with Crippen LogP contribution in [0.25, 0.3) is 0 Å². The molecule has 1 aromatic rings. The number of amides is 1. The predicted octanol–water partition coefficient (Wildman–Crippen LogP) is 1.47. The number of carbonyl (C=O) groups excluding carboxylic acids is 1. The molecule has 1 amide bonds. The number of nitrogens with one attached hydrogen (secondary N) is 2. The second kappa shape index (κ2) is 10.1. The monoisotopic (exact) mass is 298 g/mol. The van der Waals surface area contributed by atoms with Gasteiger partial charge >= 0.3 is 0 Å². The molecule has 0 spiro atoms. The summed E-state index contributed by atoms with van der Waals surface area (Å²) < 4.78 is 23.6. The Bertz CT molecular complexity index is 441. The predicted molar refractivity (Wildman–Crippen MR) is 78.8 cm³/mol. The normalized spacial score (nSPS) is 10.4. The van der Waals surface area contributed by atoms with Crippen molar-refractivity contribution in [2.45, 2.75) is 19.9 Å². The largest absolute Gasteiger partial charge is 0.484 e. The van der Waals surface area contributed by atoms with Crippen LogP contribution < -0.4 is 15.4 Å². The van der Waals surface area contributed by atoms with Crippen molar-refractivity contribution < 1.29 is 18.7 Å². The first-order valence-electron chi connectivity index (χ1n) is 7.04. The number of ether oxygens (including phenoxy) is 2. The van der Waals surface area contributed by atoms with Gasteiger partial charge in [0.15, 0.2) is 6.61 Å². The maximum Gasteiger partial charge on any atom is 0.257 e. The lowest BCUT2D eigenvalue weighted by Gasteiger charge is -2.09. The van der Waals surface area contributed by atoms with E-state index >= 15 is 0 Å².